The molecule has 17 heavy (non-hydrogen) atoms. The van der Waals surface area contributed by atoms with Crippen LogP contribution in [0.25, 0.3) is 0 Å². The van der Waals surface area contributed by atoms with Crippen molar-refractivity contribution in [1.82, 2.24) is 14.9 Å². The van der Waals surface area contributed by atoms with Gasteiger partial charge in [0.15, 0.2) is 0 Å². The molecule has 1 unspecified atom stereocenters. The maximum atomic E-state index is 13.5. The van der Waals surface area contributed by atoms with Crippen LogP contribution in [0.4, 0.5) is 4.39 Å². The van der Waals surface area contributed by atoms with Crippen LogP contribution in [0.15, 0.2) is 30.7 Å². The van der Waals surface area contributed by atoms with Gasteiger partial charge in [-0.15, -0.1) is 0 Å². The summed E-state index contributed by atoms with van der Waals surface area (Å²) in [5.41, 5.74) is 2.43. The number of aromatic nitrogens is 2. The van der Waals surface area contributed by atoms with Crippen molar-refractivity contribution in [2.45, 2.75) is 13.0 Å². The van der Waals surface area contributed by atoms with Crippen molar-refractivity contribution < 1.29 is 4.39 Å². The van der Waals surface area contributed by atoms with E-state index in [0.29, 0.717) is 5.56 Å². The number of nitrogens with one attached hydrogen (secondary N) is 1. The summed E-state index contributed by atoms with van der Waals surface area (Å²) in [6, 6.07) is 5.20. The molecule has 0 radical (unpaired) electrons. The van der Waals surface area contributed by atoms with Gasteiger partial charge in [-0.2, -0.15) is 0 Å². The topological polar surface area (TPSA) is 29.9 Å². The molecule has 0 aliphatic rings. The lowest BCUT2D eigenvalue weighted by Gasteiger charge is -2.14. The standard InChI is InChI=1S/C13H16FN3/c1-9-4-5-10(6-11(9)14)13(15-2)12-7-17(3)8-16-12/h4-8,13,15H,1-3H3. The summed E-state index contributed by atoms with van der Waals surface area (Å²) in [5.74, 6) is -0.182. The molecule has 1 heterocycles. The molecule has 2 aromatic rings. The van der Waals surface area contributed by atoms with Gasteiger partial charge < -0.3 is 9.88 Å². The predicted molar refractivity (Wildman–Crippen MR) is 65.2 cm³/mol. The lowest BCUT2D eigenvalue weighted by molar-refractivity contribution is 0.606. The number of imidazole rings is 1. The molecule has 1 atom stereocenters. The first-order valence-corrected chi connectivity index (χ1v) is 5.53. The lowest BCUT2D eigenvalue weighted by atomic mass is 10.0. The van der Waals surface area contributed by atoms with Crippen molar-refractivity contribution >= 4 is 0 Å². The molecule has 4 heteroatoms. The molecule has 0 saturated heterocycles. The Morgan fingerprint density at radius 1 is 1.41 bits per heavy atom. The Labute approximate surface area is 100 Å². The van der Waals surface area contributed by atoms with Crippen LogP contribution in [-0.4, -0.2) is 16.6 Å². The van der Waals surface area contributed by atoms with Gasteiger partial charge in [0.25, 0.3) is 0 Å². The highest BCUT2D eigenvalue weighted by Crippen LogP contribution is 2.21. The fourth-order valence-corrected chi connectivity index (χ4v) is 1.86. The molecule has 0 aliphatic carbocycles. The Balaban J connectivity index is 2.38. The van der Waals surface area contributed by atoms with Crippen molar-refractivity contribution in [3.63, 3.8) is 0 Å². The van der Waals surface area contributed by atoms with Crippen molar-refractivity contribution in [2.75, 3.05) is 7.05 Å². The number of nitrogens with zero attached hydrogens (tertiary/aromatic N) is 2. The van der Waals surface area contributed by atoms with Crippen LogP contribution < -0.4 is 5.32 Å². The third kappa shape index (κ3) is 2.36. The minimum Gasteiger partial charge on any atom is -0.340 e. The van der Waals surface area contributed by atoms with Crippen molar-refractivity contribution in [3.8, 4) is 0 Å². The Morgan fingerprint density at radius 2 is 2.18 bits per heavy atom. The van der Waals surface area contributed by atoms with E-state index in [9.17, 15) is 4.39 Å². The van der Waals surface area contributed by atoms with E-state index in [1.807, 2.05) is 30.9 Å². The van der Waals surface area contributed by atoms with Crippen LogP contribution in [-0.2, 0) is 7.05 Å². The van der Waals surface area contributed by atoms with E-state index in [0.717, 1.165) is 11.3 Å². The predicted octanol–water partition coefficient (Wildman–Crippen LogP) is 2.18. The van der Waals surface area contributed by atoms with Gasteiger partial charge in [-0.3, -0.25) is 0 Å². The molecule has 0 aliphatic heterocycles. The van der Waals surface area contributed by atoms with Crippen LogP contribution in [0.1, 0.15) is 22.9 Å². The third-order valence-corrected chi connectivity index (χ3v) is 2.84. The molecule has 3 nitrogen and oxygen atoms in total. The van der Waals surface area contributed by atoms with Gasteiger partial charge in [-0.25, -0.2) is 9.37 Å². The Bertz CT molecular complexity index is 519. The summed E-state index contributed by atoms with van der Waals surface area (Å²) in [7, 11) is 3.76. The van der Waals surface area contributed by atoms with Crippen molar-refractivity contribution in [2.24, 2.45) is 7.05 Å². The largest absolute Gasteiger partial charge is 0.340 e. The Kier molecular flexibility index (Phi) is 3.24. The SMILES string of the molecule is CNC(c1ccc(C)c(F)c1)c1cn(C)cn1. The van der Waals surface area contributed by atoms with Crippen LogP contribution >= 0.6 is 0 Å². The smallest absolute Gasteiger partial charge is 0.126 e. The fraction of sp³-hybridized carbons (Fsp3) is 0.308. The number of hydrogen-bond donors (Lipinski definition) is 1. The third-order valence-electron chi connectivity index (χ3n) is 2.84. The summed E-state index contributed by atoms with van der Waals surface area (Å²) >= 11 is 0. The zero-order valence-corrected chi connectivity index (χ0v) is 10.2. The first-order valence-electron chi connectivity index (χ1n) is 5.53. The average molecular weight is 233 g/mol. The van der Waals surface area contributed by atoms with E-state index >= 15 is 0 Å². The summed E-state index contributed by atoms with van der Waals surface area (Å²) in [5, 5.41) is 3.15. The van der Waals surface area contributed by atoms with E-state index in [1.165, 1.54) is 0 Å². The Morgan fingerprint density at radius 3 is 2.71 bits per heavy atom. The van der Waals surface area contributed by atoms with Gasteiger partial charge in [0.05, 0.1) is 18.1 Å². The molecule has 0 fully saturated rings. The van der Waals surface area contributed by atoms with Gasteiger partial charge in [0, 0.05) is 13.2 Å². The number of hydrogen-bond acceptors (Lipinski definition) is 2. The molecule has 1 aromatic heterocycles. The maximum Gasteiger partial charge on any atom is 0.126 e. The molecule has 1 aromatic carbocycles. The maximum absolute atomic E-state index is 13.5. The zero-order chi connectivity index (χ0) is 12.4. The lowest BCUT2D eigenvalue weighted by Crippen LogP contribution is -2.18. The monoisotopic (exact) mass is 233 g/mol. The van der Waals surface area contributed by atoms with E-state index in [2.05, 4.69) is 10.3 Å². The molecule has 0 bridgehead atoms. The molecule has 0 spiro atoms. The van der Waals surface area contributed by atoms with Gasteiger partial charge in [0.1, 0.15) is 5.82 Å². The molecular weight excluding hydrogens is 217 g/mol. The summed E-state index contributed by atoms with van der Waals surface area (Å²) in [6.07, 6.45) is 3.67. The number of halogens is 1. The quantitative estimate of drug-likeness (QED) is 0.880. The summed E-state index contributed by atoms with van der Waals surface area (Å²) < 4.78 is 15.4. The summed E-state index contributed by atoms with van der Waals surface area (Å²) in [4.78, 5) is 4.29. The zero-order valence-electron chi connectivity index (χ0n) is 10.2. The number of rotatable bonds is 3. The molecule has 2 rings (SSSR count). The van der Waals surface area contributed by atoms with Gasteiger partial charge in [-0.05, 0) is 31.2 Å². The van der Waals surface area contributed by atoms with Gasteiger partial charge >= 0.3 is 0 Å². The van der Waals surface area contributed by atoms with Crippen LogP contribution in [0.3, 0.4) is 0 Å². The average Bonchev–Trinajstić information content (AvgIpc) is 2.71. The van der Waals surface area contributed by atoms with Crippen LogP contribution in [0, 0.1) is 12.7 Å². The minimum atomic E-state index is -0.182. The number of aryl methyl sites for hydroxylation is 2. The van der Waals surface area contributed by atoms with E-state index in [1.54, 1.807) is 25.4 Å². The van der Waals surface area contributed by atoms with E-state index < -0.39 is 0 Å². The van der Waals surface area contributed by atoms with Crippen LogP contribution in [0.5, 0.6) is 0 Å². The highest BCUT2D eigenvalue weighted by Gasteiger charge is 2.15. The highest BCUT2D eigenvalue weighted by molar-refractivity contribution is 5.30. The Hall–Kier alpha value is -1.68. The second kappa shape index (κ2) is 4.67. The summed E-state index contributed by atoms with van der Waals surface area (Å²) in [6.45, 7) is 1.76. The molecule has 0 saturated carbocycles. The van der Waals surface area contributed by atoms with E-state index in [4.69, 9.17) is 0 Å². The normalized spacial score (nSPS) is 12.7. The fourth-order valence-electron chi connectivity index (χ4n) is 1.86. The second-order valence-electron chi connectivity index (χ2n) is 4.19. The molecule has 0 amide bonds. The minimum absolute atomic E-state index is 0.0775. The van der Waals surface area contributed by atoms with Crippen molar-refractivity contribution in [1.29, 1.82) is 0 Å². The van der Waals surface area contributed by atoms with Crippen molar-refractivity contribution in [3.05, 3.63) is 53.4 Å². The molecule has 1 N–H and O–H groups in total. The first kappa shape index (κ1) is 11.8. The van der Waals surface area contributed by atoms with Crippen LogP contribution in [0.2, 0.25) is 0 Å². The number of benzene rings is 1. The van der Waals surface area contributed by atoms with Gasteiger partial charge in [-0.1, -0.05) is 12.1 Å². The molecular formula is C13H16FN3. The molecule has 90 valence electrons. The van der Waals surface area contributed by atoms with Gasteiger partial charge in [0.2, 0.25) is 0 Å². The highest BCUT2D eigenvalue weighted by atomic mass is 19.1. The first-order chi connectivity index (χ1) is 8.11. The second-order valence-corrected chi connectivity index (χ2v) is 4.19. The van der Waals surface area contributed by atoms with E-state index in [-0.39, 0.29) is 11.9 Å².